The minimum Gasteiger partial charge on any atom is -0.478 e. The van der Waals surface area contributed by atoms with Gasteiger partial charge in [0.25, 0.3) is 0 Å². The van der Waals surface area contributed by atoms with Gasteiger partial charge in [-0.05, 0) is 80.5 Å². The molecule has 1 heterocycles. The fourth-order valence-corrected chi connectivity index (χ4v) is 4.41. The Hall–Kier alpha value is -3.68. The van der Waals surface area contributed by atoms with Crippen molar-refractivity contribution in [2.45, 2.75) is 25.4 Å². The van der Waals surface area contributed by atoms with Crippen LogP contribution in [-0.4, -0.2) is 59.5 Å². The van der Waals surface area contributed by atoms with Crippen molar-refractivity contribution < 1.29 is 19.4 Å². The largest absolute Gasteiger partial charge is 0.478 e. The Balaban J connectivity index is 1.25. The lowest BCUT2D eigenvalue weighted by Gasteiger charge is -2.28. The molecular formula is C28H31N3O4. The number of aromatic carboxylic acids is 1. The average Bonchev–Trinajstić information content (AvgIpc) is 3.27. The van der Waals surface area contributed by atoms with E-state index in [4.69, 9.17) is 9.84 Å². The van der Waals surface area contributed by atoms with Crippen molar-refractivity contribution in [2.75, 3.05) is 32.0 Å². The Morgan fingerprint density at radius 2 is 1.69 bits per heavy atom. The summed E-state index contributed by atoms with van der Waals surface area (Å²) < 4.78 is 5.80. The molecule has 3 aromatic carbocycles. The van der Waals surface area contributed by atoms with Crippen molar-refractivity contribution in [1.29, 1.82) is 0 Å². The molecule has 2 N–H and O–H groups in total. The van der Waals surface area contributed by atoms with Crippen LogP contribution in [0.2, 0.25) is 0 Å². The number of carboxylic acids is 1. The molecule has 7 heteroatoms. The first-order chi connectivity index (χ1) is 17.0. The number of para-hydroxylation sites is 1. The van der Waals surface area contributed by atoms with Crippen molar-refractivity contribution in [3.8, 4) is 11.5 Å². The van der Waals surface area contributed by atoms with E-state index >= 15 is 0 Å². The van der Waals surface area contributed by atoms with Gasteiger partial charge in [-0.3, -0.25) is 9.69 Å². The van der Waals surface area contributed by atoms with Gasteiger partial charge in [0.2, 0.25) is 5.91 Å². The number of benzene rings is 3. The topological polar surface area (TPSA) is 82.1 Å². The van der Waals surface area contributed by atoms with Crippen molar-refractivity contribution in [3.05, 3.63) is 90.0 Å². The SMILES string of the molecule is CN(Cc1ccc(C(=O)O)cc1)C[C@H]1CCCN1CC(=O)Nc1ccc(Oc2ccccc2)cc1. The molecule has 1 aliphatic rings. The molecular weight excluding hydrogens is 442 g/mol. The number of hydrogen-bond acceptors (Lipinski definition) is 5. The average molecular weight is 474 g/mol. The lowest BCUT2D eigenvalue weighted by molar-refractivity contribution is -0.117. The summed E-state index contributed by atoms with van der Waals surface area (Å²) in [6.45, 7) is 2.84. The summed E-state index contributed by atoms with van der Waals surface area (Å²) >= 11 is 0. The summed E-state index contributed by atoms with van der Waals surface area (Å²) in [4.78, 5) is 28.2. The molecule has 0 radical (unpaired) electrons. The van der Waals surface area contributed by atoms with Crippen LogP contribution in [0.5, 0.6) is 11.5 Å². The smallest absolute Gasteiger partial charge is 0.335 e. The Morgan fingerprint density at radius 3 is 2.37 bits per heavy atom. The first-order valence-corrected chi connectivity index (χ1v) is 11.8. The molecule has 1 fully saturated rings. The van der Waals surface area contributed by atoms with Crippen LogP contribution in [0.25, 0.3) is 0 Å². The minimum absolute atomic E-state index is 0.0273. The number of hydrogen-bond donors (Lipinski definition) is 2. The Kier molecular flexibility index (Phi) is 8.13. The fourth-order valence-electron chi connectivity index (χ4n) is 4.41. The van der Waals surface area contributed by atoms with Crippen molar-refractivity contribution >= 4 is 17.6 Å². The lowest BCUT2D eigenvalue weighted by atomic mass is 10.1. The number of ether oxygens (including phenoxy) is 1. The second kappa shape index (κ2) is 11.6. The van der Waals surface area contributed by atoms with Crippen LogP contribution in [-0.2, 0) is 11.3 Å². The minimum atomic E-state index is -0.916. The highest BCUT2D eigenvalue weighted by Crippen LogP contribution is 2.23. The maximum Gasteiger partial charge on any atom is 0.335 e. The zero-order valence-electron chi connectivity index (χ0n) is 19.9. The second-order valence-electron chi connectivity index (χ2n) is 8.95. The van der Waals surface area contributed by atoms with Gasteiger partial charge in [-0.2, -0.15) is 0 Å². The molecule has 35 heavy (non-hydrogen) atoms. The first kappa shape index (κ1) is 24.4. The van der Waals surface area contributed by atoms with Crippen LogP contribution >= 0.6 is 0 Å². The quantitative estimate of drug-likeness (QED) is 0.444. The van der Waals surface area contributed by atoms with Gasteiger partial charge < -0.3 is 20.1 Å². The Morgan fingerprint density at radius 1 is 1.00 bits per heavy atom. The normalized spacial score (nSPS) is 15.8. The van der Waals surface area contributed by atoms with Gasteiger partial charge in [-0.25, -0.2) is 4.79 Å². The van der Waals surface area contributed by atoms with Crippen LogP contribution in [0.4, 0.5) is 5.69 Å². The van der Waals surface area contributed by atoms with E-state index in [1.165, 1.54) is 0 Å². The molecule has 1 amide bonds. The summed E-state index contributed by atoms with van der Waals surface area (Å²) in [6.07, 6.45) is 2.13. The monoisotopic (exact) mass is 473 g/mol. The van der Waals surface area contributed by atoms with Crippen molar-refractivity contribution in [1.82, 2.24) is 9.80 Å². The number of nitrogens with one attached hydrogen (secondary N) is 1. The van der Waals surface area contributed by atoms with Crippen LogP contribution in [0.15, 0.2) is 78.9 Å². The molecule has 0 unspecified atom stereocenters. The van der Waals surface area contributed by atoms with Crippen LogP contribution < -0.4 is 10.1 Å². The summed E-state index contributed by atoms with van der Waals surface area (Å²) in [7, 11) is 2.06. The standard InChI is InChI=1S/C28H31N3O4/c1-30(18-21-9-11-22(12-10-21)28(33)34)19-24-6-5-17-31(24)20-27(32)29-23-13-15-26(16-14-23)35-25-7-3-2-4-8-25/h2-4,7-16,24H,5-6,17-20H2,1H3,(H,29,32)(H,33,34)/t24-/m1/s1. The van der Waals surface area contributed by atoms with Crippen molar-refractivity contribution in [2.24, 2.45) is 0 Å². The molecule has 0 bridgehead atoms. The van der Waals surface area contributed by atoms with E-state index in [0.29, 0.717) is 18.2 Å². The van der Waals surface area contributed by atoms with Gasteiger partial charge in [-0.1, -0.05) is 30.3 Å². The number of rotatable bonds is 10. The van der Waals surface area contributed by atoms with E-state index in [1.54, 1.807) is 12.1 Å². The zero-order valence-corrected chi connectivity index (χ0v) is 19.9. The van der Waals surface area contributed by atoms with Crippen LogP contribution in [0.1, 0.15) is 28.8 Å². The predicted octanol–water partition coefficient (Wildman–Crippen LogP) is 4.71. The van der Waals surface area contributed by atoms with Gasteiger partial charge in [-0.15, -0.1) is 0 Å². The maximum absolute atomic E-state index is 12.7. The van der Waals surface area contributed by atoms with E-state index in [1.807, 2.05) is 66.7 Å². The molecule has 0 aliphatic carbocycles. The number of amides is 1. The third-order valence-electron chi connectivity index (χ3n) is 6.14. The molecule has 7 nitrogen and oxygen atoms in total. The maximum atomic E-state index is 12.7. The summed E-state index contributed by atoms with van der Waals surface area (Å²) in [5.41, 5.74) is 2.11. The second-order valence-corrected chi connectivity index (χ2v) is 8.95. The molecule has 4 rings (SSSR count). The zero-order chi connectivity index (χ0) is 24.6. The van der Waals surface area contributed by atoms with E-state index in [-0.39, 0.29) is 5.91 Å². The van der Waals surface area contributed by atoms with Gasteiger partial charge in [0.1, 0.15) is 11.5 Å². The summed E-state index contributed by atoms with van der Waals surface area (Å²) in [5, 5.41) is 12.0. The highest BCUT2D eigenvalue weighted by atomic mass is 16.5. The number of likely N-dealkylation sites (N-methyl/N-ethyl adjacent to an activating group) is 1. The number of carboxylic acid groups (broad SMARTS) is 1. The fraction of sp³-hybridized carbons (Fsp3) is 0.286. The number of carbonyl (C=O) groups is 2. The van der Waals surface area contributed by atoms with E-state index < -0.39 is 5.97 Å². The lowest BCUT2D eigenvalue weighted by Crippen LogP contribution is -2.42. The van der Waals surface area contributed by atoms with Gasteiger partial charge >= 0.3 is 5.97 Å². The molecule has 0 saturated carbocycles. The molecule has 3 aromatic rings. The summed E-state index contributed by atoms with van der Waals surface area (Å²) in [5.74, 6) is 0.544. The predicted molar refractivity (Wildman–Crippen MR) is 136 cm³/mol. The Bertz CT molecular complexity index is 1120. The van der Waals surface area contributed by atoms with Gasteiger partial charge in [0.05, 0.1) is 12.1 Å². The highest BCUT2D eigenvalue weighted by Gasteiger charge is 2.27. The third-order valence-corrected chi connectivity index (χ3v) is 6.14. The summed E-state index contributed by atoms with van der Waals surface area (Å²) in [6, 6.07) is 24.3. The van der Waals surface area contributed by atoms with Crippen LogP contribution in [0.3, 0.4) is 0 Å². The van der Waals surface area contributed by atoms with E-state index in [2.05, 4.69) is 22.2 Å². The molecule has 1 saturated heterocycles. The highest BCUT2D eigenvalue weighted by molar-refractivity contribution is 5.92. The van der Waals surface area contributed by atoms with Crippen LogP contribution in [0, 0.1) is 0 Å². The van der Waals surface area contributed by atoms with Gasteiger partial charge in [0, 0.05) is 24.8 Å². The van der Waals surface area contributed by atoms with E-state index in [9.17, 15) is 9.59 Å². The van der Waals surface area contributed by atoms with Crippen molar-refractivity contribution in [3.63, 3.8) is 0 Å². The molecule has 182 valence electrons. The molecule has 0 aromatic heterocycles. The molecule has 1 atom stereocenters. The Labute approximate surface area is 205 Å². The number of anilines is 1. The number of likely N-dealkylation sites (tertiary alicyclic amines) is 1. The molecule has 1 aliphatic heterocycles. The van der Waals surface area contributed by atoms with Gasteiger partial charge in [0.15, 0.2) is 0 Å². The molecule has 0 spiro atoms. The van der Waals surface area contributed by atoms with E-state index in [0.717, 1.165) is 55.2 Å². The third kappa shape index (κ3) is 7.15. The number of nitrogens with zero attached hydrogens (tertiary/aromatic N) is 2. The first-order valence-electron chi connectivity index (χ1n) is 11.8. The number of carbonyl (C=O) groups excluding carboxylic acids is 1.